The van der Waals surface area contributed by atoms with E-state index in [1.807, 2.05) is 34.0 Å². The van der Waals surface area contributed by atoms with E-state index in [2.05, 4.69) is 41.5 Å². The number of carbonyl (C=O) groups excluding carboxylic acids is 1. The summed E-state index contributed by atoms with van der Waals surface area (Å²) in [5.74, 6) is 0.972. The Kier molecular flexibility index (Phi) is 50.1. The first-order chi connectivity index (χ1) is 9.78. The van der Waals surface area contributed by atoms with E-state index >= 15 is 0 Å². The molecule has 0 rings (SSSR count). The van der Waals surface area contributed by atoms with Crippen LogP contribution in [0.2, 0.25) is 0 Å². The van der Waals surface area contributed by atoms with Gasteiger partial charge in [-0.25, -0.2) is 0 Å². The van der Waals surface area contributed by atoms with Crippen LogP contribution in [-0.4, -0.2) is 24.3 Å². The molecule has 0 aromatic heterocycles. The second-order valence-corrected chi connectivity index (χ2v) is 6.19. The molecule has 0 saturated carbocycles. The minimum Gasteiger partial charge on any atom is -0.322 e. The molecule has 3 heteroatoms. The van der Waals surface area contributed by atoms with Crippen LogP contribution in [0.15, 0.2) is 0 Å². The van der Waals surface area contributed by atoms with Crippen LogP contribution in [0, 0.1) is 5.41 Å². The maximum absolute atomic E-state index is 9.88. The normalized spacial score (nSPS) is 9.90. The van der Waals surface area contributed by atoms with Crippen LogP contribution >= 0.6 is 11.8 Å². The molecule has 0 bridgehead atoms. The fourth-order valence-electron chi connectivity index (χ4n) is 0.322. The molecule has 0 aromatic carbocycles. The third kappa shape index (κ3) is 80.1. The molecule has 21 heavy (non-hydrogen) atoms. The largest absolute Gasteiger partial charge is 0.322 e. The Bertz CT molecular complexity index is 145. The highest BCUT2D eigenvalue weighted by Crippen LogP contribution is 2.16. The minimum atomic E-state index is -0.248. The molecule has 2 nitrogen and oxygen atoms in total. The third-order valence-electron chi connectivity index (χ3n) is 1.89. The van der Waals surface area contributed by atoms with Gasteiger partial charge in [0.15, 0.2) is 0 Å². The number of carbonyl (C=O) groups is 1. The van der Waals surface area contributed by atoms with Gasteiger partial charge in [-0.1, -0.05) is 82.1 Å². The van der Waals surface area contributed by atoms with Crippen molar-refractivity contribution in [2.75, 3.05) is 12.0 Å². The molecule has 0 aromatic rings. The summed E-state index contributed by atoms with van der Waals surface area (Å²) in [6.45, 7) is 21.2. The zero-order valence-electron chi connectivity index (χ0n) is 16.9. The minimum absolute atomic E-state index is 0.248. The van der Waals surface area contributed by atoms with Gasteiger partial charge in [0.05, 0.1) is 6.04 Å². The number of thioether (sulfide) groups is 1. The molecule has 0 spiro atoms. The van der Waals surface area contributed by atoms with Crippen LogP contribution in [0.3, 0.4) is 0 Å². The van der Waals surface area contributed by atoms with Crippen molar-refractivity contribution >= 4 is 18.0 Å². The first-order valence-corrected chi connectivity index (χ1v) is 9.88. The van der Waals surface area contributed by atoms with Gasteiger partial charge in [-0.05, 0) is 23.8 Å². The third-order valence-corrected chi connectivity index (χ3v) is 2.53. The van der Waals surface area contributed by atoms with Crippen molar-refractivity contribution in [1.82, 2.24) is 0 Å². The Morgan fingerprint density at radius 3 is 1.48 bits per heavy atom. The van der Waals surface area contributed by atoms with E-state index in [1.165, 1.54) is 12.8 Å². The Hall–Kier alpha value is -0.0200. The molecular formula is C18H45NOS. The molecule has 0 aliphatic carbocycles. The van der Waals surface area contributed by atoms with E-state index in [9.17, 15) is 4.79 Å². The maximum Gasteiger partial charge on any atom is 0.136 e. The van der Waals surface area contributed by atoms with Crippen molar-refractivity contribution in [3.63, 3.8) is 0 Å². The van der Waals surface area contributed by atoms with Gasteiger partial charge >= 0.3 is 0 Å². The van der Waals surface area contributed by atoms with Gasteiger partial charge in [0.25, 0.3) is 0 Å². The summed E-state index contributed by atoms with van der Waals surface area (Å²) in [4.78, 5) is 9.88. The molecule has 1 unspecified atom stereocenters. The van der Waals surface area contributed by atoms with Gasteiger partial charge in [0, 0.05) is 0 Å². The molecule has 2 N–H and O–H groups in total. The predicted octanol–water partition coefficient (Wildman–Crippen LogP) is 6.18. The maximum atomic E-state index is 9.88. The fourth-order valence-corrected chi connectivity index (χ4v) is 0.830. The van der Waals surface area contributed by atoms with Gasteiger partial charge in [-0.3, -0.25) is 0 Å². The first kappa shape index (κ1) is 32.8. The lowest BCUT2D eigenvalue weighted by atomic mass is 9.94. The molecule has 0 aliphatic heterocycles. The number of hydrogen-bond acceptors (Lipinski definition) is 3. The Balaban J connectivity index is -0.0000000580. The van der Waals surface area contributed by atoms with Gasteiger partial charge in [-0.15, -0.1) is 0 Å². The topological polar surface area (TPSA) is 43.1 Å². The van der Waals surface area contributed by atoms with Crippen LogP contribution in [0.25, 0.3) is 0 Å². The molecule has 0 heterocycles. The molecular weight excluding hydrogens is 278 g/mol. The van der Waals surface area contributed by atoms with Crippen LogP contribution in [0.4, 0.5) is 0 Å². The Labute approximate surface area is 141 Å². The summed E-state index contributed by atoms with van der Waals surface area (Å²) >= 11 is 1.71. The number of rotatable bonds is 4. The summed E-state index contributed by atoms with van der Waals surface area (Å²) in [6, 6.07) is -0.248. The average Bonchev–Trinajstić information content (AvgIpc) is 2.49. The lowest BCUT2D eigenvalue weighted by Crippen LogP contribution is -2.21. The lowest BCUT2D eigenvalue weighted by Gasteiger charge is -2.12. The summed E-state index contributed by atoms with van der Waals surface area (Å²) in [7, 11) is 0. The Morgan fingerprint density at radius 2 is 1.33 bits per heavy atom. The summed E-state index contributed by atoms with van der Waals surface area (Å²) in [5, 5.41) is 0. The number of aldehydes is 1. The highest BCUT2D eigenvalue weighted by atomic mass is 32.2. The molecule has 0 radical (unpaired) electrons. The van der Waals surface area contributed by atoms with Crippen LogP contribution in [0.5, 0.6) is 0 Å². The molecule has 0 amide bonds. The van der Waals surface area contributed by atoms with Gasteiger partial charge in [-0.2, -0.15) is 11.8 Å². The quantitative estimate of drug-likeness (QED) is 0.628. The second kappa shape index (κ2) is 32.1. The van der Waals surface area contributed by atoms with Gasteiger partial charge < -0.3 is 10.5 Å². The standard InChI is InChI=1S/C6H14.C5H11NOS.C3H8.2C2H6/c1-5-6(2,3)4;1-8-3-2-5(6)4-7;1-3-2;2*1-2/h5H2,1-4H3;4-5H,2-3,6H2,1H3;3H2,1-2H3;2*1-2H3. The van der Waals surface area contributed by atoms with Crippen molar-refractivity contribution < 1.29 is 4.79 Å². The smallest absolute Gasteiger partial charge is 0.136 e. The van der Waals surface area contributed by atoms with Gasteiger partial charge in [0.1, 0.15) is 6.29 Å². The Morgan fingerprint density at radius 1 is 1.05 bits per heavy atom. The predicted molar refractivity (Wildman–Crippen MR) is 105 cm³/mol. The van der Waals surface area contributed by atoms with E-state index in [4.69, 9.17) is 5.73 Å². The average molecular weight is 324 g/mol. The van der Waals surface area contributed by atoms with Crippen molar-refractivity contribution in [3.8, 4) is 0 Å². The monoisotopic (exact) mass is 323 g/mol. The summed E-state index contributed by atoms with van der Waals surface area (Å²) in [6.07, 6.45) is 6.10. The molecule has 0 fully saturated rings. The number of nitrogens with two attached hydrogens (primary N) is 1. The van der Waals surface area contributed by atoms with E-state index in [-0.39, 0.29) is 6.04 Å². The van der Waals surface area contributed by atoms with E-state index in [1.54, 1.807) is 11.8 Å². The molecule has 0 aliphatic rings. The lowest BCUT2D eigenvalue weighted by molar-refractivity contribution is -0.108. The van der Waals surface area contributed by atoms with Crippen LogP contribution in [0.1, 0.15) is 88.5 Å². The molecule has 134 valence electrons. The van der Waals surface area contributed by atoms with Crippen LogP contribution < -0.4 is 5.73 Å². The second-order valence-electron chi connectivity index (χ2n) is 5.20. The van der Waals surface area contributed by atoms with Crippen molar-refractivity contribution in [3.05, 3.63) is 0 Å². The van der Waals surface area contributed by atoms with Crippen molar-refractivity contribution in [2.24, 2.45) is 11.1 Å². The fraction of sp³-hybridized carbons (Fsp3) is 0.944. The summed E-state index contributed by atoms with van der Waals surface area (Å²) in [5.41, 5.74) is 5.82. The van der Waals surface area contributed by atoms with Crippen molar-refractivity contribution in [2.45, 2.75) is 94.5 Å². The zero-order chi connectivity index (χ0) is 18.3. The van der Waals surface area contributed by atoms with Crippen molar-refractivity contribution in [1.29, 1.82) is 0 Å². The highest BCUT2D eigenvalue weighted by Gasteiger charge is 2.03. The molecule has 1 atom stereocenters. The van der Waals surface area contributed by atoms with E-state index in [0.29, 0.717) is 5.41 Å². The zero-order valence-corrected chi connectivity index (χ0v) is 17.7. The molecule has 0 saturated heterocycles. The van der Waals surface area contributed by atoms with Gasteiger partial charge in [0.2, 0.25) is 0 Å². The van der Waals surface area contributed by atoms with Crippen LogP contribution in [-0.2, 0) is 4.79 Å². The first-order valence-electron chi connectivity index (χ1n) is 8.48. The highest BCUT2D eigenvalue weighted by molar-refractivity contribution is 7.98. The SMILES string of the molecule is CC.CC.CCC.CCC(C)(C)C.CSCCC(N)C=O. The van der Waals surface area contributed by atoms with E-state index < -0.39 is 0 Å². The summed E-state index contributed by atoms with van der Waals surface area (Å²) < 4.78 is 0. The number of hydrogen-bond donors (Lipinski definition) is 1. The van der Waals surface area contributed by atoms with E-state index in [0.717, 1.165) is 18.5 Å².